The molecule has 0 fully saturated rings. The zero-order valence-corrected chi connectivity index (χ0v) is 80.4. The lowest BCUT2D eigenvalue weighted by molar-refractivity contribution is -0.0980. The van der Waals surface area contributed by atoms with Crippen molar-refractivity contribution in [1.82, 2.24) is 0 Å². The predicted molar refractivity (Wildman–Crippen MR) is 533 cm³/mol. The number of aliphatic hydroxyl groups is 2. The minimum atomic E-state index is -0.647. The predicted octanol–water partition coefficient (Wildman–Crippen LogP) is 38.2. The van der Waals surface area contributed by atoms with Gasteiger partial charge in [0.1, 0.15) is 29.8 Å². The van der Waals surface area contributed by atoms with E-state index < -0.39 is 24.4 Å². The van der Waals surface area contributed by atoms with Gasteiger partial charge >= 0.3 is 0 Å². The Morgan fingerprint density at radius 3 is 0.782 bits per heavy atom. The second-order valence-corrected chi connectivity index (χ2v) is 37.0. The Labute approximate surface area is 744 Å². The highest BCUT2D eigenvalue weighted by Gasteiger charge is 2.30. The van der Waals surface area contributed by atoms with E-state index in [1.54, 1.807) is 0 Å². The zero-order chi connectivity index (χ0) is 85.6. The molecule has 1 aromatic carbocycles. The number of benzene rings is 1. The molecule has 0 saturated carbocycles. The Morgan fingerprint density at radius 2 is 0.487 bits per heavy atom. The standard InChI is InChI=1S/C114H206O5/c1-8-15-22-27-32-36-40-44-48-51-54-55-56-57-58-59-62-63-67-70-74-78-82-86-91-96-106-103-107(117-111(99-20-13-6)109(115)97-92-87-83-79-75-71-68-64-60-52-49-45-41-37-33-28-23-16-9-2)105-108(104-106)118-113(101-94-89-31-26-19-12-5)114(102-95-90-85-81-77-73-66-47-43-39-35-30-25-18-11-4)119-112(100-21-14-7)110(116)98-93-88-84-80-76-72-69-65-61-53-50-46-42-38-34-29-24-17-10-3/h11,13-14,20-21,44-46,48-50,99-100,103-105,109-116H,4,6-10,12,15-19,22-43,47,51-98,101-102H2,1-3,5H3. The Hall–Kier alpha value is -3.38. The first-order valence-corrected chi connectivity index (χ1v) is 53.5. The van der Waals surface area contributed by atoms with Crippen LogP contribution < -0.4 is 9.47 Å². The molecule has 1 rings (SSSR count). The summed E-state index contributed by atoms with van der Waals surface area (Å²) in [5, 5.41) is 24.4. The molecule has 0 aliphatic rings. The summed E-state index contributed by atoms with van der Waals surface area (Å²) in [5.74, 6) is 1.58. The van der Waals surface area contributed by atoms with Crippen LogP contribution in [0.3, 0.4) is 0 Å². The summed E-state index contributed by atoms with van der Waals surface area (Å²) in [6, 6.07) is 6.67. The van der Waals surface area contributed by atoms with E-state index >= 15 is 0 Å². The molecule has 6 unspecified atom stereocenters. The molecule has 0 spiro atoms. The smallest absolute Gasteiger partial charge is 0.143 e. The third kappa shape index (κ3) is 80.2. The summed E-state index contributed by atoms with van der Waals surface area (Å²) in [5.41, 5.74) is 1.23. The van der Waals surface area contributed by atoms with Gasteiger partial charge in [-0.3, -0.25) is 0 Å². The lowest BCUT2D eigenvalue weighted by atomic mass is 9.97. The van der Waals surface area contributed by atoms with E-state index in [4.69, 9.17) is 14.2 Å². The van der Waals surface area contributed by atoms with Gasteiger partial charge in [-0.05, 0) is 159 Å². The lowest BCUT2D eigenvalue weighted by Gasteiger charge is -2.33. The quantitative estimate of drug-likeness (QED) is 0.0386. The number of ether oxygens (including phenoxy) is 3. The Morgan fingerprint density at radius 1 is 0.252 bits per heavy atom. The first-order valence-electron chi connectivity index (χ1n) is 53.5. The van der Waals surface area contributed by atoms with E-state index in [0.29, 0.717) is 6.42 Å². The normalized spacial score (nSPS) is 13.6. The van der Waals surface area contributed by atoms with Crippen molar-refractivity contribution < 1.29 is 24.4 Å². The van der Waals surface area contributed by atoms with Crippen molar-refractivity contribution in [2.24, 2.45) is 0 Å². The van der Waals surface area contributed by atoms with Crippen LogP contribution in [0.4, 0.5) is 0 Å². The monoisotopic (exact) mass is 1660 g/mol. The molecule has 0 heterocycles. The Bertz CT molecular complexity index is 2360. The summed E-state index contributed by atoms with van der Waals surface area (Å²) in [4.78, 5) is 0. The third-order valence-electron chi connectivity index (χ3n) is 25.4. The largest absolute Gasteiger partial charge is 0.488 e. The summed E-state index contributed by atoms with van der Waals surface area (Å²) >= 11 is 0. The van der Waals surface area contributed by atoms with Gasteiger partial charge in [0.25, 0.3) is 0 Å². The Balaban J connectivity index is 3.35. The molecule has 0 saturated heterocycles. The van der Waals surface area contributed by atoms with Gasteiger partial charge in [0.15, 0.2) is 0 Å². The van der Waals surface area contributed by atoms with E-state index in [1.165, 1.54) is 449 Å². The molecule has 2 N–H and O–H groups in total. The van der Waals surface area contributed by atoms with Gasteiger partial charge in [-0.25, -0.2) is 0 Å². The highest BCUT2D eigenvalue weighted by molar-refractivity contribution is 5.39. The number of aryl methyl sites for hydroxylation is 1. The third-order valence-corrected chi connectivity index (χ3v) is 25.4. The van der Waals surface area contributed by atoms with Crippen LogP contribution in [0, 0.1) is 0 Å². The SMILES string of the molecule is C=CC=CC(Oc1cc(CCCCCCCCCCCCCCCCCC=CCCCCCCCC)cc(OC(CCCCCCCC)C(CCCCCCCCCCCCCCCC=C)OC(C=CC=C)C(O)CCCCCCCCCCCC=CCCCCCCCC)c1)C(O)CCCCCCCCCCCC=CCCCCCCCC. The van der Waals surface area contributed by atoms with E-state index in [1.807, 2.05) is 30.4 Å². The highest BCUT2D eigenvalue weighted by atomic mass is 16.6. The molecular formula is C114H206O5. The average Bonchev–Trinajstić information content (AvgIpc) is 0.835. The van der Waals surface area contributed by atoms with Crippen molar-refractivity contribution in [2.75, 3.05) is 0 Å². The molecule has 5 nitrogen and oxygen atoms in total. The first-order chi connectivity index (χ1) is 58.9. The fraction of sp³-hybridized carbons (Fsp3) is 0.807. The van der Waals surface area contributed by atoms with Crippen LogP contribution in [0.2, 0.25) is 0 Å². The van der Waals surface area contributed by atoms with Crippen molar-refractivity contribution >= 4 is 0 Å². The first kappa shape index (κ1) is 114. The van der Waals surface area contributed by atoms with Crippen molar-refractivity contribution in [2.45, 2.75) is 591 Å². The topological polar surface area (TPSA) is 68.2 Å². The molecule has 0 bridgehead atoms. The van der Waals surface area contributed by atoms with E-state index in [9.17, 15) is 10.2 Å². The van der Waals surface area contributed by atoms with Crippen molar-refractivity contribution in [3.63, 3.8) is 0 Å². The van der Waals surface area contributed by atoms with Gasteiger partial charge in [0, 0.05) is 6.07 Å². The van der Waals surface area contributed by atoms with Crippen LogP contribution in [0.1, 0.15) is 553 Å². The number of aliphatic hydroxyl groups excluding tert-OH is 2. The van der Waals surface area contributed by atoms with Crippen molar-refractivity contribution in [3.05, 3.63) is 122 Å². The zero-order valence-electron chi connectivity index (χ0n) is 80.4. The fourth-order valence-electron chi connectivity index (χ4n) is 17.5. The molecule has 5 heteroatoms. The number of hydrogen-bond acceptors (Lipinski definition) is 5. The number of hydrogen-bond donors (Lipinski definition) is 2. The lowest BCUT2D eigenvalue weighted by Crippen LogP contribution is -2.40. The maximum atomic E-state index is 12.3. The molecule has 0 radical (unpaired) electrons. The highest BCUT2D eigenvalue weighted by Crippen LogP contribution is 2.33. The molecule has 1 aromatic rings. The summed E-state index contributed by atoms with van der Waals surface area (Å²) < 4.78 is 22.1. The van der Waals surface area contributed by atoms with Gasteiger partial charge in [0.05, 0.1) is 18.3 Å². The van der Waals surface area contributed by atoms with Gasteiger partial charge < -0.3 is 24.4 Å². The maximum Gasteiger partial charge on any atom is 0.143 e. The van der Waals surface area contributed by atoms with Crippen LogP contribution in [-0.2, 0) is 11.2 Å². The second-order valence-electron chi connectivity index (χ2n) is 37.0. The Kier molecular flexibility index (Phi) is 91.0. The average molecular weight is 1660 g/mol. The minimum Gasteiger partial charge on any atom is -0.488 e. The molecule has 119 heavy (non-hydrogen) atoms. The van der Waals surface area contributed by atoms with Crippen molar-refractivity contribution in [1.29, 1.82) is 0 Å². The van der Waals surface area contributed by atoms with E-state index in [-0.39, 0.29) is 12.2 Å². The van der Waals surface area contributed by atoms with Crippen molar-refractivity contribution in [3.8, 4) is 11.5 Å². The fourth-order valence-corrected chi connectivity index (χ4v) is 17.5. The molecule has 6 atom stereocenters. The number of allylic oxidation sites excluding steroid dienone is 11. The summed E-state index contributed by atoms with van der Waals surface area (Å²) in [6.07, 6.45) is 130. The van der Waals surface area contributed by atoms with E-state index in [0.717, 1.165) is 88.5 Å². The van der Waals surface area contributed by atoms with Gasteiger partial charge in [-0.2, -0.15) is 0 Å². The molecule has 0 aromatic heterocycles. The molecular weight excluding hydrogens is 1450 g/mol. The minimum absolute atomic E-state index is 0.217. The van der Waals surface area contributed by atoms with E-state index in [2.05, 4.69) is 114 Å². The summed E-state index contributed by atoms with van der Waals surface area (Å²) in [7, 11) is 0. The number of rotatable bonds is 99. The van der Waals surface area contributed by atoms with Crippen LogP contribution in [0.15, 0.2) is 117 Å². The maximum absolute atomic E-state index is 12.3. The molecule has 0 aliphatic carbocycles. The second kappa shape index (κ2) is 95.3. The van der Waals surface area contributed by atoms with Gasteiger partial charge in [0.2, 0.25) is 0 Å². The van der Waals surface area contributed by atoms with Gasteiger partial charge in [-0.1, -0.05) is 505 Å². The molecule has 692 valence electrons. The number of unbranched alkanes of at least 4 members (excludes halogenated alkanes) is 69. The molecule has 0 aliphatic heterocycles. The van der Waals surface area contributed by atoms with Crippen LogP contribution in [-0.4, -0.2) is 46.8 Å². The van der Waals surface area contributed by atoms with Crippen LogP contribution >= 0.6 is 0 Å². The summed E-state index contributed by atoms with van der Waals surface area (Å²) in [6.45, 7) is 21.3. The van der Waals surface area contributed by atoms with Crippen LogP contribution in [0.25, 0.3) is 0 Å². The van der Waals surface area contributed by atoms with Gasteiger partial charge in [-0.15, -0.1) is 6.58 Å². The molecule has 0 amide bonds. The van der Waals surface area contributed by atoms with Crippen LogP contribution in [0.5, 0.6) is 11.5 Å².